The van der Waals surface area contributed by atoms with Crippen molar-refractivity contribution in [3.05, 3.63) is 24.2 Å². The van der Waals surface area contributed by atoms with Gasteiger partial charge in [0.1, 0.15) is 17.8 Å². The molecule has 2 rings (SSSR count). The smallest absolute Gasteiger partial charge is 0.246 e. The fraction of sp³-hybridized carbons (Fsp3) is 0.571. The minimum Gasteiger partial charge on any atom is -0.467 e. The molecule has 104 valence electrons. The third-order valence-corrected chi connectivity index (χ3v) is 3.81. The first-order valence-corrected chi connectivity index (χ1v) is 6.67. The van der Waals surface area contributed by atoms with E-state index in [4.69, 9.17) is 4.42 Å². The molecule has 2 heterocycles. The van der Waals surface area contributed by atoms with Gasteiger partial charge in [-0.25, -0.2) is 0 Å². The summed E-state index contributed by atoms with van der Waals surface area (Å²) >= 11 is 0. The summed E-state index contributed by atoms with van der Waals surface area (Å²) < 4.78 is 5.26. The summed E-state index contributed by atoms with van der Waals surface area (Å²) in [7, 11) is 0. The standard InChI is InChI=1S/C14H20N2O3/c1-4-9(2)12-14(18)16(10(3)13(17)15-12)8-11-6-5-7-19-11/h5-7,9-10,12H,4,8H2,1-3H3,(H,15,17). The van der Waals surface area contributed by atoms with E-state index in [0.717, 1.165) is 6.42 Å². The van der Waals surface area contributed by atoms with Crippen LogP contribution in [0.5, 0.6) is 0 Å². The predicted molar refractivity (Wildman–Crippen MR) is 70.1 cm³/mol. The van der Waals surface area contributed by atoms with Crippen molar-refractivity contribution in [2.45, 2.75) is 45.8 Å². The van der Waals surface area contributed by atoms with E-state index < -0.39 is 12.1 Å². The molecule has 0 aromatic carbocycles. The van der Waals surface area contributed by atoms with Gasteiger partial charge in [-0.2, -0.15) is 0 Å². The average Bonchev–Trinajstić information content (AvgIpc) is 2.91. The highest BCUT2D eigenvalue weighted by molar-refractivity contribution is 5.96. The van der Waals surface area contributed by atoms with E-state index in [0.29, 0.717) is 12.3 Å². The van der Waals surface area contributed by atoms with Crippen molar-refractivity contribution in [1.29, 1.82) is 0 Å². The Morgan fingerprint density at radius 3 is 2.79 bits per heavy atom. The Morgan fingerprint density at radius 1 is 1.47 bits per heavy atom. The molecule has 0 spiro atoms. The highest BCUT2D eigenvalue weighted by Gasteiger charge is 2.40. The number of rotatable bonds is 4. The first-order valence-electron chi connectivity index (χ1n) is 6.67. The third kappa shape index (κ3) is 2.64. The number of nitrogens with one attached hydrogen (secondary N) is 1. The van der Waals surface area contributed by atoms with Crippen molar-refractivity contribution in [1.82, 2.24) is 10.2 Å². The van der Waals surface area contributed by atoms with Gasteiger partial charge in [0.05, 0.1) is 12.8 Å². The molecule has 1 N–H and O–H groups in total. The first kappa shape index (κ1) is 13.6. The Morgan fingerprint density at radius 2 is 2.21 bits per heavy atom. The second-order valence-electron chi connectivity index (χ2n) is 5.09. The molecular weight excluding hydrogens is 244 g/mol. The fourth-order valence-corrected chi connectivity index (χ4v) is 2.25. The van der Waals surface area contributed by atoms with Crippen LogP contribution in [0.25, 0.3) is 0 Å². The largest absolute Gasteiger partial charge is 0.467 e. The van der Waals surface area contributed by atoms with Gasteiger partial charge in [0.25, 0.3) is 0 Å². The molecule has 5 heteroatoms. The molecule has 0 aliphatic carbocycles. The van der Waals surface area contributed by atoms with Crippen LogP contribution in [-0.4, -0.2) is 28.8 Å². The summed E-state index contributed by atoms with van der Waals surface area (Å²) in [5, 5.41) is 2.82. The van der Waals surface area contributed by atoms with Crippen molar-refractivity contribution in [3.8, 4) is 0 Å². The Balaban J connectivity index is 2.19. The number of carbonyl (C=O) groups excluding carboxylic acids is 2. The molecule has 1 aromatic heterocycles. The van der Waals surface area contributed by atoms with E-state index in [-0.39, 0.29) is 17.7 Å². The highest BCUT2D eigenvalue weighted by Crippen LogP contribution is 2.20. The van der Waals surface area contributed by atoms with Crippen LogP contribution in [0.1, 0.15) is 33.0 Å². The molecule has 3 unspecified atom stereocenters. The summed E-state index contributed by atoms with van der Waals surface area (Å²) in [6, 6.07) is 2.70. The van der Waals surface area contributed by atoms with Gasteiger partial charge in [-0.15, -0.1) is 0 Å². The average molecular weight is 264 g/mol. The second kappa shape index (κ2) is 5.47. The third-order valence-electron chi connectivity index (χ3n) is 3.81. The maximum atomic E-state index is 12.5. The van der Waals surface area contributed by atoms with Gasteiger partial charge in [-0.05, 0) is 25.0 Å². The molecule has 5 nitrogen and oxygen atoms in total. The van der Waals surface area contributed by atoms with Gasteiger partial charge in [-0.3, -0.25) is 9.59 Å². The maximum absolute atomic E-state index is 12.5. The molecular formula is C14H20N2O3. The Labute approximate surface area is 113 Å². The van der Waals surface area contributed by atoms with Crippen LogP contribution in [0, 0.1) is 5.92 Å². The lowest BCUT2D eigenvalue weighted by Crippen LogP contribution is -2.63. The van der Waals surface area contributed by atoms with Crippen LogP contribution in [0.15, 0.2) is 22.8 Å². The minimum absolute atomic E-state index is 0.0298. The van der Waals surface area contributed by atoms with Gasteiger partial charge in [0.2, 0.25) is 11.8 Å². The predicted octanol–water partition coefficient (Wildman–Crippen LogP) is 1.54. The normalized spacial score (nSPS) is 25.3. The Kier molecular flexibility index (Phi) is 3.93. The summed E-state index contributed by atoms with van der Waals surface area (Å²) in [6.45, 7) is 6.07. The van der Waals surface area contributed by atoms with Crippen molar-refractivity contribution >= 4 is 11.8 Å². The van der Waals surface area contributed by atoms with E-state index in [2.05, 4.69) is 5.32 Å². The summed E-state index contributed by atoms with van der Waals surface area (Å²) in [6.07, 6.45) is 2.42. The Bertz CT molecular complexity index is 455. The molecule has 1 aromatic rings. The van der Waals surface area contributed by atoms with E-state index in [1.54, 1.807) is 24.2 Å². The molecule has 0 radical (unpaired) electrons. The van der Waals surface area contributed by atoms with Crippen LogP contribution >= 0.6 is 0 Å². The minimum atomic E-state index is -0.460. The van der Waals surface area contributed by atoms with E-state index >= 15 is 0 Å². The molecule has 1 saturated heterocycles. The van der Waals surface area contributed by atoms with Gasteiger partial charge in [0.15, 0.2) is 0 Å². The zero-order valence-corrected chi connectivity index (χ0v) is 11.6. The van der Waals surface area contributed by atoms with Crippen LogP contribution in [-0.2, 0) is 16.1 Å². The van der Waals surface area contributed by atoms with Gasteiger partial charge < -0.3 is 14.6 Å². The summed E-state index contributed by atoms with van der Waals surface area (Å²) in [5.41, 5.74) is 0. The van der Waals surface area contributed by atoms with E-state index in [9.17, 15) is 9.59 Å². The van der Waals surface area contributed by atoms with Crippen LogP contribution < -0.4 is 5.32 Å². The molecule has 1 fully saturated rings. The number of piperazine rings is 1. The number of hydrogen-bond donors (Lipinski definition) is 1. The summed E-state index contributed by atoms with van der Waals surface area (Å²) in [4.78, 5) is 26.0. The lowest BCUT2D eigenvalue weighted by Gasteiger charge is -2.38. The number of nitrogens with zero attached hydrogens (tertiary/aromatic N) is 1. The molecule has 1 aliphatic rings. The van der Waals surface area contributed by atoms with Crippen LogP contribution in [0.2, 0.25) is 0 Å². The fourth-order valence-electron chi connectivity index (χ4n) is 2.25. The van der Waals surface area contributed by atoms with Crippen molar-refractivity contribution in [2.75, 3.05) is 0 Å². The molecule has 0 bridgehead atoms. The zero-order valence-electron chi connectivity index (χ0n) is 11.6. The topological polar surface area (TPSA) is 62.6 Å². The van der Waals surface area contributed by atoms with Crippen LogP contribution in [0.3, 0.4) is 0 Å². The van der Waals surface area contributed by atoms with Gasteiger partial charge in [-0.1, -0.05) is 20.3 Å². The van der Waals surface area contributed by atoms with Crippen LogP contribution in [0.4, 0.5) is 0 Å². The monoisotopic (exact) mass is 264 g/mol. The van der Waals surface area contributed by atoms with E-state index in [1.807, 2.05) is 19.9 Å². The number of carbonyl (C=O) groups is 2. The molecule has 2 amide bonds. The number of amides is 2. The number of hydrogen-bond acceptors (Lipinski definition) is 3. The lowest BCUT2D eigenvalue weighted by molar-refractivity contribution is -0.151. The quantitative estimate of drug-likeness (QED) is 0.897. The van der Waals surface area contributed by atoms with Crippen molar-refractivity contribution in [3.63, 3.8) is 0 Å². The SMILES string of the molecule is CCC(C)C1NC(=O)C(C)N(Cc2ccco2)C1=O. The Hall–Kier alpha value is -1.78. The number of furan rings is 1. The van der Waals surface area contributed by atoms with Gasteiger partial charge >= 0.3 is 0 Å². The molecule has 0 saturated carbocycles. The zero-order chi connectivity index (χ0) is 14.0. The first-order chi connectivity index (χ1) is 9.04. The maximum Gasteiger partial charge on any atom is 0.246 e. The summed E-state index contributed by atoms with van der Waals surface area (Å²) in [5.74, 6) is 0.690. The molecule has 1 aliphatic heterocycles. The van der Waals surface area contributed by atoms with Gasteiger partial charge in [0, 0.05) is 0 Å². The highest BCUT2D eigenvalue weighted by atomic mass is 16.3. The van der Waals surface area contributed by atoms with Crippen molar-refractivity contribution < 1.29 is 14.0 Å². The second-order valence-corrected chi connectivity index (χ2v) is 5.09. The molecule has 3 atom stereocenters. The van der Waals surface area contributed by atoms with E-state index in [1.165, 1.54) is 0 Å². The lowest BCUT2D eigenvalue weighted by atomic mass is 9.94. The molecule has 19 heavy (non-hydrogen) atoms. The van der Waals surface area contributed by atoms with Crippen molar-refractivity contribution in [2.24, 2.45) is 5.92 Å².